The number of aryl methyl sites for hydroxylation is 2. The minimum absolute atomic E-state index is 0.219. The molecule has 4 rings (SSSR count). The molecule has 1 N–H and O–H groups in total. The van der Waals surface area contributed by atoms with E-state index >= 15 is 0 Å². The molecule has 3 aromatic rings. The summed E-state index contributed by atoms with van der Waals surface area (Å²) in [4.78, 5) is 34.7. The molecule has 7 heteroatoms. The van der Waals surface area contributed by atoms with Crippen LogP contribution in [0.5, 0.6) is 0 Å². The third kappa shape index (κ3) is 3.37. The Hall–Kier alpha value is -2.54. The number of aromatic nitrogens is 2. The number of ether oxygens (including phenoxy) is 1. The Kier molecular flexibility index (Phi) is 5.02. The summed E-state index contributed by atoms with van der Waals surface area (Å²) >= 11 is 1.46. The first-order valence-electron chi connectivity index (χ1n) is 9.79. The van der Waals surface area contributed by atoms with E-state index in [1.807, 2.05) is 13.8 Å². The van der Waals surface area contributed by atoms with Gasteiger partial charge in [0, 0.05) is 4.88 Å². The number of rotatable bonds is 4. The van der Waals surface area contributed by atoms with Gasteiger partial charge in [-0.05, 0) is 56.9 Å². The monoisotopic (exact) mass is 414 g/mol. The van der Waals surface area contributed by atoms with Gasteiger partial charge in [-0.2, -0.15) is 0 Å². The standard InChI is InChI=1S/C22H23FN2O3S/c1-12-14(3)29-20-17(12)19(26)24-18(25-20)13(2)28-21(27)22(10-4-5-11-22)15-6-8-16(23)9-7-15/h6-9,13H,4-5,10-11H2,1-3H3,(H,24,25,26)/t13-/m0/s1. The summed E-state index contributed by atoms with van der Waals surface area (Å²) < 4.78 is 19.2. The van der Waals surface area contributed by atoms with Gasteiger partial charge in [0.05, 0.1) is 10.8 Å². The van der Waals surface area contributed by atoms with E-state index in [-0.39, 0.29) is 17.3 Å². The van der Waals surface area contributed by atoms with Gasteiger partial charge in [-0.25, -0.2) is 9.37 Å². The van der Waals surface area contributed by atoms with E-state index < -0.39 is 11.5 Å². The van der Waals surface area contributed by atoms with E-state index in [1.165, 1.54) is 23.5 Å². The van der Waals surface area contributed by atoms with Crippen LogP contribution in [-0.4, -0.2) is 15.9 Å². The molecule has 29 heavy (non-hydrogen) atoms. The molecule has 1 aliphatic rings. The van der Waals surface area contributed by atoms with E-state index in [9.17, 15) is 14.0 Å². The second kappa shape index (κ2) is 7.37. The molecular formula is C22H23FN2O3S. The van der Waals surface area contributed by atoms with Gasteiger partial charge in [-0.3, -0.25) is 9.59 Å². The predicted octanol–water partition coefficient (Wildman–Crippen LogP) is 4.86. The zero-order chi connectivity index (χ0) is 20.8. The first-order chi connectivity index (χ1) is 13.8. The second-order valence-corrected chi connectivity index (χ2v) is 8.96. The molecule has 0 aliphatic heterocycles. The van der Waals surface area contributed by atoms with Crippen LogP contribution in [0.2, 0.25) is 0 Å². The van der Waals surface area contributed by atoms with Crippen molar-refractivity contribution in [3.8, 4) is 0 Å². The van der Waals surface area contributed by atoms with Crippen molar-refractivity contribution in [2.45, 2.75) is 58.0 Å². The number of aromatic amines is 1. The largest absolute Gasteiger partial charge is 0.454 e. The number of hydrogen-bond acceptors (Lipinski definition) is 5. The van der Waals surface area contributed by atoms with Crippen LogP contribution >= 0.6 is 11.3 Å². The molecule has 1 aliphatic carbocycles. The van der Waals surface area contributed by atoms with Gasteiger partial charge in [-0.1, -0.05) is 25.0 Å². The number of carbonyl (C=O) groups excluding carboxylic acids is 1. The SMILES string of the molecule is Cc1sc2nc([C@H](C)OC(=O)C3(c4ccc(F)cc4)CCCC3)[nH]c(=O)c2c1C. The molecule has 1 atom stereocenters. The highest BCUT2D eigenvalue weighted by Crippen LogP contribution is 2.43. The Morgan fingerprint density at radius 1 is 1.24 bits per heavy atom. The van der Waals surface area contributed by atoms with Gasteiger partial charge in [-0.15, -0.1) is 11.3 Å². The third-order valence-corrected chi connectivity index (χ3v) is 7.07. The fraction of sp³-hybridized carbons (Fsp3) is 0.409. The number of hydrogen-bond donors (Lipinski definition) is 1. The number of fused-ring (bicyclic) bond motifs is 1. The lowest BCUT2D eigenvalue weighted by atomic mass is 9.79. The maximum Gasteiger partial charge on any atom is 0.317 e. The number of nitrogens with one attached hydrogen (secondary N) is 1. The van der Waals surface area contributed by atoms with Crippen molar-refractivity contribution in [1.82, 2.24) is 9.97 Å². The van der Waals surface area contributed by atoms with Crippen molar-refractivity contribution in [1.29, 1.82) is 0 Å². The number of halogens is 1. The Bertz CT molecular complexity index is 1130. The Morgan fingerprint density at radius 3 is 2.55 bits per heavy atom. The smallest absolute Gasteiger partial charge is 0.317 e. The number of carbonyl (C=O) groups is 1. The maximum absolute atomic E-state index is 13.4. The van der Waals surface area contributed by atoms with Crippen molar-refractivity contribution in [2.75, 3.05) is 0 Å². The molecule has 0 radical (unpaired) electrons. The van der Waals surface area contributed by atoms with Crippen LogP contribution in [0.25, 0.3) is 10.2 Å². The van der Waals surface area contributed by atoms with Crippen LogP contribution in [0.3, 0.4) is 0 Å². The van der Waals surface area contributed by atoms with E-state index in [0.29, 0.717) is 28.9 Å². The Morgan fingerprint density at radius 2 is 1.90 bits per heavy atom. The van der Waals surface area contributed by atoms with Crippen LogP contribution in [0.4, 0.5) is 4.39 Å². The van der Waals surface area contributed by atoms with Crippen molar-refractivity contribution in [3.63, 3.8) is 0 Å². The summed E-state index contributed by atoms with van der Waals surface area (Å²) in [6, 6.07) is 6.08. The van der Waals surface area contributed by atoms with E-state index in [4.69, 9.17) is 4.74 Å². The van der Waals surface area contributed by atoms with Crippen molar-refractivity contribution < 1.29 is 13.9 Å². The summed E-state index contributed by atoms with van der Waals surface area (Å²) in [6.07, 6.45) is 2.46. The average Bonchev–Trinajstić information content (AvgIpc) is 3.28. The highest BCUT2D eigenvalue weighted by molar-refractivity contribution is 7.18. The van der Waals surface area contributed by atoms with Gasteiger partial charge >= 0.3 is 5.97 Å². The lowest BCUT2D eigenvalue weighted by Crippen LogP contribution is -2.35. The average molecular weight is 415 g/mol. The normalized spacial score (nSPS) is 16.8. The van der Waals surface area contributed by atoms with Gasteiger partial charge in [0.15, 0.2) is 11.9 Å². The van der Waals surface area contributed by atoms with E-state index in [0.717, 1.165) is 28.8 Å². The highest BCUT2D eigenvalue weighted by atomic mass is 32.1. The molecule has 0 unspecified atom stereocenters. The Balaban J connectivity index is 1.64. The summed E-state index contributed by atoms with van der Waals surface area (Å²) in [5.41, 5.74) is 0.706. The number of nitrogens with zero attached hydrogens (tertiary/aromatic N) is 1. The van der Waals surface area contributed by atoms with Crippen molar-refractivity contribution >= 4 is 27.5 Å². The third-order valence-electron chi connectivity index (χ3n) is 5.97. The molecule has 0 spiro atoms. The minimum Gasteiger partial charge on any atom is -0.454 e. The quantitative estimate of drug-likeness (QED) is 0.619. The number of benzene rings is 1. The van der Waals surface area contributed by atoms with E-state index in [2.05, 4.69) is 9.97 Å². The van der Waals surface area contributed by atoms with Crippen molar-refractivity contribution in [3.05, 3.63) is 62.3 Å². The predicted molar refractivity (Wildman–Crippen MR) is 111 cm³/mol. The number of H-pyrrole nitrogens is 1. The first kappa shape index (κ1) is 19.8. The zero-order valence-electron chi connectivity index (χ0n) is 16.7. The molecule has 0 amide bonds. The van der Waals surface area contributed by atoms with Crippen LogP contribution in [-0.2, 0) is 14.9 Å². The van der Waals surface area contributed by atoms with Gasteiger partial charge in [0.1, 0.15) is 10.6 Å². The topological polar surface area (TPSA) is 72.0 Å². The van der Waals surface area contributed by atoms with Gasteiger partial charge < -0.3 is 9.72 Å². The molecule has 152 valence electrons. The molecule has 1 aromatic carbocycles. The fourth-order valence-electron chi connectivity index (χ4n) is 4.15. The summed E-state index contributed by atoms with van der Waals surface area (Å²) in [6.45, 7) is 5.57. The fourth-order valence-corrected chi connectivity index (χ4v) is 5.19. The van der Waals surface area contributed by atoms with Crippen LogP contribution in [0.1, 0.15) is 60.5 Å². The van der Waals surface area contributed by atoms with Crippen LogP contribution in [0.15, 0.2) is 29.1 Å². The Labute approximate surface area is 171 Å². The summed E-state index contributed by atoms with van der Waals surface area (Å²) in [5.74, 6) is -0.347. The molecule has 1 fully saturated rings. The minimum atomic E-state index is -0.775. The first-order valence-corrected chi connectivity index (χ1v) is 10.6. The van der Waals surface area contributed by atoms with Crippen molar-refractivity contribution in [2.24, 2.45) is 0 Å². The maximum atomic E-state index is 13.4. The van der Waals surface area contributed by atoms with Gasteiger partial charge in [0.2, 0.25) is 0 Å². The molecule has 2 heterocycles. The van der Waals surface area contributed by atoms with E-state index in [1.54, 1.807) is 19.1 Å². The molecule has 2 aromatic heterocycles. The van der Waals surface area contributed by atoms with Gasteiger partial charge in [0.25, 0.3) is 5.56 Å². The zero-order valence-corrected chi connectivity index (χ0v) is 17.5. The highest BCUT2D eigenvalue weighted by Gasteiger charge is 2.45. The lowest BCUT2D eigenvalue weighted by Gasteiger charge is -2.28. The number of thiophene rings is 1. The molecular weight excluding hydrogens is 391 g/mol. The summed E-state index contributed by atoms with van der Waals surface area (Å²) in [7, 11) is 0. The molecule has 0 bridgehead atoms. The van der Waals surface area contributed by atoms with Crippen LogP contribution in [0, 0.1) is 19.7 Å². The number of esters is 1. The molecule has 1 saturated carbocycles. The second-order valence-electron chi connectivity index (χ2n) is 7.76. The lowest BCUT2D eigenvalue weighted by molar-refractivity contribution is -0.156. The molecule has 0 saturated heterocycles. The van der Waals surface area contributed by atoms with Crippen LogP contribution < -0.4 is 5.56 Å². The summed E-state index contributed by atoms with van der Waals surface area (Å²) in [5, 5.41) is 0.591. The molecule has 5 nitrogen and oxygen atoms in total.